The summed E-state index contributed by atoms with van der Waals surface area (Å²) in [6.45, 7) is 14.6. The molecule has 0 aliphatic heterocycles. The zero-order valence-corrected chi connectivity index (χ0v) is 40.6. The Morgan fingerprint density at radius 3 is 1.00 bits per heavy atom. The summed E-state index contributed by atoms with van der Waals surface area (Å²) in [5.74, 6) is -0.196. The maximum atomic E-state index is 11.4. The van der Waals surface area contributed by atoms with Crippen molar-refractivity contribution in [3.63, 3.8) is 0 Å². The van der Waals surface area contributed by atoms with Gasteiger partial charge in [0.1, 0.15) is 18.1 Å². The summed E-state index contributed by atoms with van der Waals surface area (Å²) in [5, 5.41) is 27.6. The van der Waals surface area contributed by atoms with Crippen LogP contribution in [-0.2, 0) is 25.9 Å². The van der Waals surface area contributed by atoms with Gasteiger partial charge in [-0.15, -0.1) is 23.5 Å². The van der Waals surface area contributed by atoms with Gasteiger partial charge in [-0.05, 0) is 56.9 Å². The zero-order valence-electron chi connectivity index (χ0n) is 38.2. The minimum Gasteiger partial charge on any atom is -0.480 e. The molecule has 0 heterocycles. The molecular formula is C48H83N3O6S3. The molecule has 0 fully saturated rings. The highest BCUT2D eigenvalue weighted by Crippen LogP contribution is 2.38. The third kappa shape index (κ3) is 24.4. The van der Waals surface area contributed by atoms with Crippen molar-refractivity contribution < 1.29 is 29.7 Å². The Labute approximate surface area is 377 Å². The number of hydrogen-bond acceptors (Lipinski definition) is 9. The quantitative estimate of drug-likeness (QED) is 0.0393. The van der Waals surface area contributed by atoms with Crippen LogP contribution in [0, 0.1) is 0 Å². The van der Waals surface area contributed by atoms with Gasteiger partial charge in [0.2, 0.25) is 0 Å². The van der Waals surface area contributed by atoms with Crippen molar-refractivity contribution in [3.05, 3.63) is 71.8 Å². The maximum Gasteiger partial charge on any atom is 0.321 e. The summed E-state index contributed by atoms with van der Waals surface area (Å²) in [5.41, 5.74) is 20.2. The fraction of sp³-hybridized carbons (Fsp3) is 0.688. The second-order valence-electron chi connectivity index (χ2n) is 16.5. The first-order valence-corrected chi connectivity index (χ1v) is 25.4. The molecule has 0 amide bonds. The Balaban J connectivity index is 0.000000879. The first-order chi connectivity index (χ1) is 28.5. The molecule has 0 aromatic heterocycles. The average molecular weight is 894 g/mol. The van der Waals surface area contributed by atoms with Gasteiger partial charge in [-0.3, -0.25) is 14.4 Å². The highest BCUT2D eigenvalue weighted by molar-refractivity contribution is 8.00. The number of unbranched alkanes of at least 4 members (excludes halogenated alkanes) is 11. The van der Waals surface area contributed by atoms with Gasteiger partial charge in [0.15, 0.2) is 0 Å². The van der Waals surface area contributed by atoms with Crippen LogP contribution in [0.3, 0.4) is 0 Å². The van der Waals surface area contributed by atoms with Gasteiger partial charge < -0.3 is 32.5 Å². The number of nitrogens with two attached hydrogens (primary N) is 3. The van der Waals surface area contributed by atoms with Crippen molar-refractivity contribution in [1.29, 1.82) is 0 Å². The summed E-state index contributed by atoms with van der Waals surface area (Å²) in [6, 6.07) is 17.9. The highest BCUT2D eigenvalue weighted by atomic mass is 32.2. The second kappa shape index (κ2) is 33.4. The maximum absolute atomic E-state index is 11.4. The minimum absolute atomic E-state index is 0.327. The third-order valence-electron chi connectivity index (χ3n) is 11.1. The number of aliphatic carboxylic acids is 3. The van der Waals surface area contributed by atoms with Crippen LogP contribution in [0.1, 0.15) is 169 Å². The van der Waals surface area contributed by atoms with Gasteiger partial charge in [0, 0.05) is 25.7 Å². The largest absolute Gasteiger partial charge is 0.480 e. The van der Waals surface area contributed by atoms with Gasteiger partial charge in [0.05, 0.1) is 0 Å². The molecule has 0 radical (unpaired) electrons. The molecule has 60 heavy (non-hydrogen) atoms. The number of carboxylic acids is 3. The lowest BCUT2D eigenvalue weighted by Crippen LogP contribution is -2.48. The lowest BCUT2D eigenvalue weighted by atomic mass is 9.94. The standard InChI is InChI=1S/C18H29NO2S.C17H27NO2S.C13H27NO2S/c1-3-4-5-6-10-13-18(2,16(19)17(20)21)22-14-15-11-8-7-9-12-15;1-3-4-5-9-12-17(2,15(18)16(19)20)21-13-14-10-7-6-8-11-14;1-4-6-7-8-9-10-13(3,17-5-2)11(14)12(15)16/h7-9,11-12,16H,3-6,10,13-14,19H2,1-2H3,(H,20,21);6-8,10-11,15H,3-5,9,12-13,18H2,1-2H3,(H,19,20);11H,4-10,14H2,1-3H3,(H,15,16). The third-order valence-corrected chi connectivity index (χ3v) is 15.7. The summed E-state index contributed by atoms with van der Waals surface area (Å²) in [4.78, 5) is 33.7. The van der Waals surface area contributed by atoms with Crippen LogP contribution in [0.25, 0.3) is 0 Å². The molecule has 344 valence electrons. The minimum atomic E-state index is -0.909. The number of carbonyl (C=O) groups is 3. The van der Waals surface area contributed by atoms with Crippen LogP contribution >= 0.6 is 35.3 Å². The van der Waals surface area contributed by atoms with Crippen LogP contribution in [0.2, 0.25) is 0 Å². The van der Waals surface area contributed by atoms with E-state index in [0.29, 0.717) is 0 Å². The van der Waals surface area contributed by atoms with Crippen molar-refractivity contribution in [1.82, 2.24) is 0 Å². The van der Waals surface area contributed by atoms with Gasteiger partial charge >= 0.3 is 17.9 Å². The Kier molecular flexibility index (Phi) is 32.1. The smallest absolute Gasteiger partial charge is 0.321 e. The Morgan fingerprint density at radius 2 is 0.733 bits per heavy atom. The molecule has 0 aliphatic carbocycles. The van der Waals surface area contributed by atoms with Gasteiger partial charge in [-0.25, -0.2) is 0 Å². The van der Waals surface area contributed by atoms with Crippen molar-refractivity contribution in [2.45, 2.75) is 201 Å². The van der Waals surface area contributed by atoms with Crippen LogP contribution in [0.5, 0.6) is 0 Å². The molecule has 12 heteroatoms. The van der Waals surface area contributed by atoms with E-state index in [1.165, 1.54) is 68.9 Å². The Morgan fingerprint density at radius 1 is 0.467 bits per heavy atom. The summed E-state index contributed by atoms with van der Waals surface area (Å²) in [6.07, 6.45) is 19.0. The first kappa shape index (κ1) is 57.8. The van der Waals surface area contributed by atoms with E-state index >= 15 is 0 Å². The molecule has 0 saturated carbocycles. The lowest BCUT2D eigenvalue weighted by molar-refractivity contribution is -0.140. The average Bonchev–Trinajstić information content (AvgIpc) is 3.24. The van der Waals surface area contributed by atoms with Crippen LogP contribution in [-0.4, -0.2) is 71.3 Å². The number of carboxylic acid groups (broad SMARTS) is 3. The van der Waals surface area contributed by atoms with E-state index in [2.05, 4.69) is 52.0 Å². The van der Waals surface area contributed by atoms with E-state index in [9.17, 15) is 24.6 Å². The van der Waals surface area contributed by atoms with E-state index in [0.717, 1.165) is 68.6 Å². The Bertz CT molecular complexity index is 1410. The van der Waals surface area contributed by atoms with Crippen molar-refractivity contribution in [2.75, 3.05) is 5.75 Å². The van der Waals surface area contributed by atoms with E-state index in [4.69, 9.17) is 22.3 Å². The molecule has 6 atom stereocenters. The SMILES string of the molecule is CCCCCCC(C)(SCc1ccccc1)C(N)C(=O)O.CCCCCCCC(C)(SCC)C(N)C(=O)O.CCCCCCCC(C)(SCc1ccccc1)C(N)C(=O)O. The molecule has 9 nitrogen and oxygen atoms in total. The number of thioether (sulfide) groups is 3. The first-order valence-electron chi connectivity index (χ1n) is 22.4. The molecule has 0 aliphatic rings. The molecule has 9 N–H and O–H groups in total. The predicted molar refractivity (Wildman–Crippen MR) is 261 cm³/mol. The monoisotopic (exact) mass is 894 g/mol. The van der Waals surface area contributed by atoms with Crippen LogP contribution in [0.15, 0.2) is 60.7 Å². The summed E-state index contributed by atoms with van der Waals surface area (Å²) >= 11 is 5.01. The van der Waals surface area contributed by atoms with Crippen molar-refractivity contribution >= 4 is 53.2 Å². The van der Waals surface area contributed by atoms with Crippen molar-refractivity contribution in [3.8, 4) is 0 Å². The van der Waals surface area contributed by atoms with Gasteiger partial charge in [0.25, 0.3) is 0 Å². The normalized spacial score (nSPS) is 15.6. The number of rotatable bonds is 31. The van der Waals surface area contributed by atoms with Gasteiger partial charge in [-0.2, -0.15) is 11.8 Å². The second-order valence-corrected chi connectivity index (χ2v) is 21.3. The van der Waals surface area contributed by atoms with E-state index in [1.54, 1.807) is 35.3 Å². The molecule has 0 saturated heterocycles. The topological polar surface area (TPSA) is 190 Å². The fourth-order valence-electron chi connectivity index (χ4n) is 6.77. The fourth-order valence-corrected chi connectivity index (χ4v) is 10.5. The zero-order chi connectivity index (χ0) is 45.5. The molecule has 6 unspecified atom stereocenters. The molecule has 2 aromatic carbocycles. The molecule has 2 aromatic rings. The Hall–Kier alpha value is -2.22. The van der Waals surface area contributed by atoms with Gasteiger partial charge in [-0.1, -0.05) is 178 Å². The van der Waals surface area contributed by atoms with Crippen LogP contribution < -0.4 is 17.2 Å². The molecular weight excluding hydrogens is 811 g/mol. The molecule has 2 rings (SSSR count). The highest BCUT2D eigenvalue weighted by Gasteiger charge is 2.38. The van der Waals surface area contributed by atoms with E-state index in [1.807, 2.05) is 57.2 Å². The van der Waals surface area contributed by atoms with Crippen molar-refractivity contribution in [2.24, 2.45) is 17.2 Å². The van der Waals surface area contributed by atoms with Crippen LogP contribution in [0.4, 0.5) is 0 Å². The predicted octanol–water partition coefficient (Wildman–Crippen LogP) is 11.8. The molecule has 0 spiro atoms. The lowest BCUT2D eigenvalue weighted by Gasteiger charge is -2.33. The number of hydrogen-bond donors (Lipinski definition) is 6. The summed E-state index contributed by atoms with van der Waals surface area (Å²) in [7, 11) is 0. The molecule has 0 bridgehead atoms. The summed E-state index contributed by atoms with van der Waals surface area (Å²) < 4.78 is -1.17. The van der Waals surface area contributed by atoms with E-state index in [-0.39, 0.29) is 4.75 Å². The van der Waals surface area contributed by atoms with E-state index < -0.39 is 45.5 Å². The number of benzene rings is 2.